The Morgan fingerprint density at radius 1 is 1.32 bits per heavy atom. The summed E-state index contributed by atoms with van der Waals surface area (Å²) < 4.78 is 0. The van der Waals surface area contributed by atoms with E-state index in [1.54, 1.807) is 0 Å². The maximum atomic E-state index is 8.94. The third kappa shape index (κ3) is 5.63. The van der Waals surface area contributed by atoms with E-state index in [1.807, 2.05) is 32.0 Å². The Kier molecular flexibility index (Phi) is 6.34. The summed E-state index contributed by atoms with van der Waals surface area (Å²) >= 11 is 6.16. The van der Waals surface area contributed by atoms with Crippen LogP contribution in [0.2, 0.25) is 5.02 Å². The smallest absolute Gasteiger partial charge is 0.0683 e. The van der Waals surface area contributed by atoms with E-state index in [9.17, 15) is 0 Å². The molecule has 0 amide bonds. The fourth-order valence-corrected chi connectivity index (χ4v) is 2.30. The lowest BCUT2D eigenvalue weighted by Gasteiger charge is -2.17. The molecule has 0 saturated carbocycles. The third-order valence-electron chi connectivity index (χ3n) is 3.35. The molecule has 19 heavy (non-hydrogen) atoms. The topological polar surface area (TPSA) is 35.8 Å². The molecule has 1 aromatic carbocycles. The van der Waals surface area contributed by atoms with E-state index in [-0.39, 0.29) is 11.5 Å². The van der Waals surface area contributed by atoms with Crippen molar-refractivity contribution in [3.8, 4) is 6.07 Å². The number of unbranched alkanes of at least 4 members (excludes halogenated alkanes) is 1. The van der Waals surface area contributed by atoms with Crippen LogP contribution in [0.5, 0.6) is 0 Å². The first-order chi connectivity index (χ1) is 8.96. The van der Waals surface area contributed by atoms with Crippen LogP contribution in [0, 0.1) is 16.7 Å². The van der Waals surface area contributed by atoms with Crippen molar-refractivity contribution in [3.05, 3.63) is 34.9 Å². The quantitative estimate of drug-likeness (QED) is 0.733. The second-order valence-electron chi connectivity index (χ2n) is 5.65. The van der Waals surface area contributed by atoms with Gasteiger partial charge in [0, 0.05) is 11.1 Å². The van der Waals surface area contributed by atoms with Gasteiger partial charge in [0.1, 0.15) is 0 Å². The first-order valence-corrected chi connectivity index (χ1v) is 7.23. The van der Waals surface area contributed by atoms with Gasteiger partial charge in [-0.2, -0.15) is 5.26 Å². The second-order valence-corrected chi connectivity index (χ2v) is 6.06. The zero-order valence-electron chi connectivity index (χ0n) is 12.0. The van der Waals surface area contributed by atoms with Crippen LogP contribution in [-0.2, 0) is 0 Å². The zero-order valence-corrected chi connectivity index (χ0v) is 12.8. The molecule has 1 rings (SSSR count). The van der Waals surface area contributed by atoms with Gasteiger partial charge in [-0.3, -0.25) is 0 Å². The molecule has 0 fully saturated rings. The lowest BCUT2D eigenvalue weighted by molar-refractivity contribution is 0.418. The average Bonchev–Trinajstić information content (AvgIpc) is 2.38. The van der Waals surface area contributed by atoms with Crippen molar-refractivity contribution in [2.75, 3.05) is 6.54 Å². The number of nitrogens with one attached hydrogen (secondary N) is 1. The van der Waals surface area contributed by atoms with Gasteiger partial charge < -0.3 is 5.32 Å². The number of hydrogen-bond donors (Lipinski definition) is 1. The Morgan fingerprint density at radius 3 is 2.63 bits per heavy atom. The maximum Gasteiger partial charge on any atom is 0.0683 e. The number of benzene rings is 1. The number of halogens is 1. The highest BCUT2D eigenvalue weighted by atomic mass is 35.5. The van der Waals surface area contributed by atoms with Crippen molar-refractivity contribution in [2.24, 2.45) is 5.41 Å². The SMILES string of the molecule is CC(NCCCCC(C)(C)C#N)c1ccccc1Cl. The molecule has 1 N–H and O–H groups in total. The van der Waals surface area contributed by atoms with Crippen molar-refractivity contribution >= 4 is 11.6 Å². The van der Waals surface area contributed by atoms with Crippen molar-refractivity contribution in [3.63, 3.8) is 0 Å². The van der Waals surface area contributed by atoms with Crippen LogP contribution < -0.4 is 5.32 Å². The summed E-state index contributed by atoms with van der Waals surface area (Å²) in [6.45, 7) is 7.06. The van der Waals surface area contributed by atoms with Gasteiger partial charge >= 0.3 is 0 Å². The van der Waals surface area contributed by atoms with Crippen LogP contribution in [-0.4, -0.2) is 6.54 Å². The van der Waals surface area contributed by atoms with E-state index in [0.29, 0.717) is 0 Å². The van der Waals surface area contributed by atoms with Gasteiger partial charge in [0.25, 0.3) is 0 Å². The molecule has 0 saturated heterocycles. The minimum absolute atomic E-state index is 0.200. The van der Waals surface area contributed by atoms with Crippen LogP contribution in [0.4, 0.5) is 0 Å². The molecule has 0 aromatic heterocycles. The van der Waals surface area contributed by atoms with Crippen molar-refractivity contribution < 1.29 is 0 Å². The molecule has 0 aliphatic carbocycles. The molecule has 1 aromatic rings. The summed E-state index contributed by atoms with van der Waals surface area (Å²) in [5.74, 6) is 0. The zero-order chi connectivity index (χ0) is 14.3. The summed E-state index contributed by atoms with van der Waals surface area (Å²) in [5.41, 5.74) is 0.940. The standard InChI is InChI=1S/C16H23ClN2/c1-13(14-8-4-5-9-15(14)17)19-11-7-6-10-16(2,3)12-18/h4-5,8-9,13,19H,6-7,10-11H2,1-3H3. The number of nitriles is 1. The minimum Gasteiger partial charge on any atom is -0.310 e. The third-order valence-corrected chi connectivity index (χ3v) is 3.70. The predicted octanol–water partition coefficient (Wildman–Crippen LogP) is 4.71. The average molecular weight is 279 g/mol. The van der Waals surface area contributed by atoms with E-state index < -0.39 is 0 Å². The molecular formula is C16H23ClN2. The number of hydrogen-bond acceptors (Lipinski definition) is 2. The van der Waals surface area contributed by atoms with E-state index in [0.717, 1.165) is 36.4 Å². The molecule has 3 heteroatoms. The lowest BCUT2D eigenvalue weighted by atomic mass is 9.89. The second kappa shape index (κ2) is 7.53. The van der Waals surface area contributed by atoms with Gasteiger partial charge in [0.2, 0.25) is 0 Å². The molecule has 0 aliphatic rings. The van der Waals surface area contributed by atoms with Crippen molar-refractivity contribution in [1.82, 2.24) is 5.32 Å². The highest BCUT2D eigenvalue weighted by Crippen LogP contribution is 2.23. The highest BCUT2D eigenvalue weighted by Gasteiger charge is 2.15. The van der Waals surface area contributed by atoms with E-state index in [2.05, 4.69) is 24.4 Å². The normalized spacial score (nSPS) is 13.0. The largest absolute Gasteiger partial charge is 0.310 e. The Balaban J connectivity index is 2.27. The van der Waals surface area contributed by atoms with Crippen LogP contribution in [0.1, 0.15) is 51.6 Å². The van der Waals surface area contributed by atoms with Gasteiger partial charge in [-0.1, -0.05) is 36.2 Å². The molecule has 104 valence electrons. The molecular weight excluding hydrogens is 256 g/mol. The Hall–Kier alpha value is -1.04. The first-order valence-electron chi connectivity index (χ1n) is 6.85. The van der Waals surface area contributed by atoms with Gasteiger partial charge in [-0.25, -0.2) is 0 Å². The van der Waals surface area contributed by atoms with Crippen molar-refractivity contribution in [1.29, 1.82) is 5.26 Å². The monoisotopic (exact) mass is 278 g/mol. The fraction of sp³-hybridized carbons (Fsp3) is 0.562. The molecule has 2 nitrogen and oxygen atoms in total. The summed E-state index contributed by atoms with van der Waals surface area (Å²) in [7, 11) is 0. The molecule has 0 aliphatic heterocycles. The van der Waals surface area contributed by atoms with Gasteiger partial charge in [-0.05, 0) is 51.8 Å². The van der Waals surface area contributed by atoms with Gasteiger partial charge in [0.05, 0.1) is 11.5 Å². The van der Waals surface area contributed by atoms with Crippen LogP contribution in [0.25, 0.3) is 0 Å². The van der Waals surface area contributed by atoms with E-state index >= 15 is 0 Å². The minimum atomic E-state index is -0.200. The summed E-state index contributed by atoms with van der Waals surface area (Å²) in [5, 5.41) is 13.2. The fourth-order valence-electron chi connectivity index (χ4n) is 2.00. The molecule has 0 spiro atoms. The van der Waals surface area contributed by atoms with E-state index in [1.165, 1.54) is 0 Å². The van der Waals surface area contributed by atoms with Crippen LogP contribution in [0.3, 0.4) is 0 Å². The Morgan fingerprint density at radius 2 is 2.00 bits per heavy atom. The van der Waals surface area contributed by atoms with Gasteiger partial charge in [-0.15, -0.1) is 0 Å². The summed E-state index contributed by atoms with van der Waals surface area (Å²) in [6, 6.07) is 10.5. The summed E-state index contributed by atoms with van der Waals surface area (Å²) in [4.78, 5) is 0. The van der Waals surface area contributed by atoms with Crippen LogP contribution >= 0.6 is 11.6 Å². The Bertz CT molecular complexity index is 435. The molecule has 1 atom stereocenters. The molecule has 0 heterocycles. The number of rotatable bonds is 7. The molecule has 0 bridgehead atoms. The Labute approximate surface area is 121 Å². The van der Waals surface area contributed by atoms with Gasteiger partial charge in [0.15, 0.2) is 0 Å². The molecule has 0 radical (unpaired) electrons. The van der Waals surface area contributed by atoms with Crippen molar-refractivity contribution in [2.45, 2.75) is 46.1 Å². The summed E-state index contributed by atoms with van der Waals surface area (Å²) in [6.07, 6.45) is 3.11. The van der Waals surface area contributed by atoms with E-state index in [4.69, 9.17) is 16.9 Å². The maximum absolute atomic E-state index is 8.94. The molecule has 1 unspecified atom stereocenters. The first kappa shape index (κ1) is 16.0. The highest BCUT2D eigenvalue weighted by molar-refractivity contribution is 6.31. The number of nitrogens with zero attached hydrogens (tertiary/aromatic N) is 1. The predicted molar refractivity (Wildman–Crippen MR) is 81.1 cm³/mol. The lowest BCUT2D eigenvalue weighted by Crippen LogP contribution is -2.20. The van der Waals surface area contributed by atoms with Crippen LogP contribution in [0.15, 0.2) is 24.3 Å².